The maximum atomic E-state index is 11.9. The van der Waals surface area contributed by atoms with Gasteiger partial charge in [-0.3, -0.25) is 4.79 Å². The predicted octanol–water partition coefficient (Wildman–Crippen LogP) is 8.50. The van der Waals surface area contributed by atoms with Crippen LogP contribution in [0.5, 0.6) is 0 Å². The molecule has 0 bridgehead atoms. The number of allylic oxidation sites excluding steroid dienone is 1. The van der Waals surface area contributed by atoms with Crippen LogP contribution in [-0.2, 0) is 19.0 Å². The summed E-state index contributed by atoms with van der Waals surface area (Å²) < 4.78 is 17.1. The summed E-state index contributed by atoms with van der Waals surface area (Å²) in [5.74, 6) is -0.0913. The molecule has 0 radical (unpaired) electrons. The molecule has 0 fully saturated rings. The van der Waals surface area contributed by atoms with E-state index in [1.54, 1.807) is 0 Å². The van der Waals surface area contributed by atoms with E-state index >= 15 is 0 Å². The van der Waals surface area contributed by atoms with Crippen molar-refractivity contribution in [1.29, 1.82) is 0 Å². The van der Waals surface area contributed by atoms with Crippen molar-refractivity contribution in [3.8, 4) is 0 Å². The van der Waals surface area contributed by atoms with Crippen LogP contribution in [0.1, 0.15) is 136 Å². The molecule has 0 saturated carbocycles. The number of nitrogens with zero attached hydrogens (tertiary/aromatic N) is 1. The highest BCUT2D eigenvalue weighted by Crippen LogP contribution is 2.09. The van der Waals surface area contributed by atoms with Gasteiger partial charge in [0.25, 0.3) is 0 Å². The molecule has 37 heavy (non-hydrogen) atoms. The second kappa shape index (κ2) is 29.6. The lowest BCUT2D eigenvalue weighted by atomic mass is 10.1. The fourth-order valence-electron chi connectivity index (χ4n) is 4.21. The van der Waals surface area contributed by atoms with E-state index in [9.17, 15) is 4.79 Å². The Bertz CT molecular complexity index is 495. The summed E-state index contributed by atoms with van der Waals surface area (Å²) in [6, 6.07) is 0.290. The number of rotatable bonds is 29. The van der Waals surface area contributed by atoms with Gasteiger partial charge in [0, 0.05) is 19.6 Å². The molecule has 0 saturated heterocycles. The number of unbranched alkanes of at least 4 members (excludes halogenated alkanes) is 15. The third kappa shape index (κ3) is 27.9. The highest BCUT2D eigenvalue weighted by molar-refractivity contribution is 5.69. The largest absolute Gasteiger partial charge is 0.461 e. The minimum atomic E-state index is -0.0913. The Balaban J connectivity index is 3.54. The van der Waals surface area contributed by atoms with E-state index in [0.717, 1.165) is 51.9 Å². The maximum absolute atomic E-state index is 11.9. The number of hydrogen-bond donors (Lipinski definition) is 0. The van der Waals surface area contributed by atoms with E-state index in [4.69, 9.17) is 14.2 Å². The van der Waals surface area contributed by atoms with Crippen molar-refractivity contribution in [2.45, 2.75) is 142 Å². The lowest BCUT2D eigenvalue weighted by Crippen LogP contribution is -2.37. The molecule has 0 N–H and O–H groups in total. The first kappa shape index (κ1) is 36.1. The van der Waals surface area contributed by atoms with Crippen LogP contribution in [0.25, 0.3) is 0 Å². The van der Waals surface area contributed by atoms with Gasteiger partial charge in [-0.15, -0.1) is 0 Å². The number of hydrogen-bond acceptors (Lipinski definition) is 5. The van der Waals surface area contributed by atoms with Gasteiger partial charge < -0.3 is 19.1 Å². The van der Waals surface area contributed by atoms with Crippen molar-refractivity contribution < 1.29 is 19.0 Å². The molecule has 0 aromatic rings. The van der Waals surface area contributed by atoms with Crippen molar-refractivity contribution in [2.24, 2.45) is 0 Å². The molecule has 0 aromatic carbocycles. The molecule has 0 aliphatic rings. The van der Waals surface area contributed by atoms with Gasteiger partial charge in [-0.05, 0) is 46.2 Å². The molecule has 0 aliphatic heterocycles. The molecule has 220 valence electrons. The summed E-state index contributed by atoms with van der Waals surface area (Å²) in [5.41, 5.74) is 0. The Morgan fingerprint density at radius 1 is 0.649 bits per heavy atom. The standard InChI is InChI=1S/C32H63NO4/c1-5-7-9-11-13-15-17-19-24-28-37-32(34)25-21-20-23-27-36-30-31(33(3)4)29-35-26-22-18-16-14-12-10-8-6-2/h19,24,31H,5-18,20-23,25-30H2,1-4H3. The maximum Gasteiger partial charge on any atom is 0.306 e. The molecular weight excluding hydrogens is 462 g/mol. The van der Waals surface area contributed by atoms with Gasteiger partial charge in [0.2, 0.25) is 0 Å². The van der Waals surface area contributed by atoms with Gasteiger partial charge in [0.1, 0.15) is 6.61 Å². The number of carbonyl (C=O) groups is 1. The van der Waals surface area contributed by atoms with E-state index in [1.807, 2.05) is 6.08 Å². The molecule has 5 heteroatoms. The van der Waals surface area contributed by atoms with Crippen LogP contribution < -0.4 is 0 Å². The quantitative estimate of drug-likeness (QED) is 0.0556. The van der Waals surface area contributed by atoms with Gasteiger partial charge in [-0.1, -0.05) is 109 Å². The van der Waals surface area contributed by atoms with Crippen LogP contribution in [0.3, 0.4) is 0 Å². The monoisotopic (exact) mass is 525 g/mol. The van der Waals surface area contributed by atoms with Crippen molar-refractivity contribution in [2.75, 3.05) is 47.1 Å². The lowest BCUT2D eigenvalue weighted by molar-refractivity contribution is -0.142. The van der Waals surface area contributed by atoms with E-state index in [-0.39, 0.29) is 12.0 Å². The van der Waals surface area contributed by atoms with Crippen LogP contribution in [0, 0.1) is 0 Å². The van der Waals surface area contributed by atoms with Crippen LogP contribution >= 0.6 is 0 Å². The Morgan fingerprint density at radius 3 is 1.68 bits per heavy atom. The lowest BCUT2D eigenvalue weighted by Gasteiger charge is -2.24. The molecule has 0 aromatic heterocycles. The normalized spacial score (nSPS) is 12.6. The minimum absolute atomic E-state index is 0.0913. The highest BCUT2D eigenvalue weighted by atomic mass is 16.5. The number of ether oxygens (including phenoxy) is 3. The molecule has 5 nitrogen and oxygen atoms in total. The zero-order chi connectivity index (χ0) is 27.2. The van der Waals surface area contributed by atoms with Gasteiger partial charge in [0.15, 0.2) is 0 Å². The van der Waals surface area contributed by atoms with Gasteiger partial charge >= 0.3 is 5.97 Å². The van der Waals surface area contributed by atoms with Gasteiger partial charge in [-0.25, -0.2) is 0 Å². The predicted molar refractivity (Wildman–Crippen MR) is 158 cm³/mol. The molecule has 0 amide bonds. The smallest absolute Gasteiger partial charge is 0.306 e. The summed E-state index contributed by atoms with van der Waals surface area (Å²) in [4.78, 5) is 14.0. The molecular formula is C32H63NO4. The Hall–Kier alpha value is -0.910. The molecule has 1 atom stereocenters. The van der Waals surface area contributed by atoms with Crippen LogP contribution in [0.2, 0.25) is 0 Å². The highest BCUT2D eigenvalue weighted by Gasteiger charge is 2.12. The van der Waals surface area contributed by atoms with E-state index in [1.165, 1.54) is 83.5 Å². The fourth-order valence-corrected chi connectivity index (χ4v) is 4.21. The molecule has 0 rings (SSSR count). The first-order valence-corrected chi connectivity index (χ1v) is 15.7. The van der Waals surface area contributed by atoms with Crippen molar-refractivity contribution >= 4 is 5.97 Å². The number of esters is 1. The average Bonchev–Trinajstić information content (AvgIpc) is 2.88. The fraction of sp³-hybridized carbons (Fsp3) is 0.906. The second-order valence-electron chi connectivity index (χ2n) is 10.8. The first-order chi connectivity index (χ1) is 18.1. The summed E-state index contributed by atoms with van der Waals surface area (Å²) in [6.07, 6.45) is 27.0. The van der Waals surface area contributed by atoms with E-state index in [0.29, 0.717) is 19.6 Å². The van der Waals surface area contributed by atoms with Crippen LogP contribution in [0.15, 0.2) is 12.2 Å². The SMILES string of the molecule is CCCCCCCCC=CCOC(=O)CCCCCOCC(COCCCCCCCCCC)N(C)C. The summed E-state index contributed by atoms with van der Waals surface area (Å²) in [7, 11) is 4.17. The minimum Gasteiger partial charge on any atom is -0.461 e. The zero-order valence-electron chi connectivity index (χ0n) is 25.3. The van der Waals surface area contributed by atoms with Crippen LogP contribution in [0.4, 0.5) is 0 Å². The van der Waals surface area contributed by atoms with Crippen LogP contribution in [-0.4, -0.2) is 64.0 Å². The van der Waals surface area contributed by atoms with Gasteiger partial charge in [-0.2, -0.15) is 0 Å². The molecule has 0 spiro atoms. The van der Waals surface area contributed by atoms with E-state index in [2.05, 4.69) is 38.9 Å². The summed E-state index contributed by atoms with van der Waals surface area (Å²) in [5, 5.41) is 0. The third-order valence-electron chi connectivity index (χ3n) is 6.89. The summed E-state index contributed by atoms with van der Waals surface area (Å²) >= 11 is 0. The third-order valence-corrected chi connectivity index (χ3v) is 6.89. The molecule has 0 heterocycles. The summed E-state index contributed by atoms with van der Waals surface area (Å²) in [6.45, 7) is 7.92. The number of likely N-dealkylation sites (N-methyl/N-ethyl adjacent to an activating group) is 1. The van der Waals surface area contributed by atoms with Gasteiger partial charge in [0.05, 0.1) is 19.3 Å². The Kier molecular flexibility index (Phi) is 28.9. The molecule has 1 unspecified atom stereocenters. The number of carbonyl (C=O) groups excluding carboxylic acids is 1. The Labute approximate surface area is 231 Å². The average molecular weight is 526 g/mol. The van der Waals surface area contributed by atoms with Crippen molar-refractivity contribution in [1.82, 2.24) is 4.90 Å². The van der Waals surface area contributed by atoms with E-state index < -0.39 is 0 Å². The zero-order valence-corrected chi connectivity index (χ0v) is 25.3. The van der Waals surface area contributed by atoms with Crippen molar-refractivity contribution in [3.63, 3.8) is 0 Å². The second-order valence-corrected chi connectivity index (χ2v) is 10.8. The Morgan fingerprint density at radius 2 is 1.14 bits per heavy atom. The first-order valence-electron chi connectivity index (χ1n) is 15.7. The van der Waals surface area contributed by atoms with Crippen molar-refractivity contribution in [3.05, 3.63) is 12.2 Å². The molecule has 0 aliphatic carbocycles. The topological polar surface area (TPSA) is 48.0 Å².